The molecule has 202 valence electrons. The maximum atomic E-state index is 13.0. The maximum absolute atomic E-state index is 13.0. The largest absolute Gasteiger partial charge is 0.438 e. The number of carbonyl (C=O) groups excluding carboxylic acids is 1. The second-order valence-electron chi connectivity index (χ2n) is 10.5. The van der Waals surface area contributed by atoms with Gasteiger partial charge in [0.25, 0.3) is 11.5 Å². The fourth-order valence-corrected chi connectivity index (χ4v) is 4.71. The van der Waals surface area contributed by atoms with Gasteiger partial charge in [-0.2, -0.15) is 5.10 Å². The van der Waals surface area contributed by atoms with Crippen molar-refractivity contribution >= 4 is 27.8 Å². The summed E-state index contributed by atoms with van der Waals surface area (Å²) in [6.07, 6.45) is 3.49. The van der Waals surface area contributed by atoms with Gasteiger partial charge in [-0.3, -0.25) is 14.3 Å². The van der Waals surface area contributed by atoms with E-state index in [4.69, 9.17) is 9.72 Å². The first-order valence-electron chi connectivity index (χ1n) is 12.8. The molecular formula is C29H32N6O4. The van der Waals surface area contributed by atoms with Crippen LogP contribution in [0.15, 0.2) is 47.5 Å². The van der Waals surface area contributed by atoms with Crippen LogP contribution in [0.1, 0.15) is 42.4 Å². The molecule has 0 saturated heterocycles. The number of carbonyl (C=O) groups is 1. The molecule has 0 aliphatic rings. The fourth-order valence-electron chi connectivity index (χ4n) is 4.71. The van der Waals surface area contributed by atoms with Crippen molar-refractivity contribution in [3.05, 3.63) is 69.9 Å². The van der Waals surface area contributed by atoms with E-state index >= 15 is 0 Å². The first-order chi connectivity index (χ1) is 18.4. The Labute approximate surface area is 225 Å². The molecule has 4 heterocycles. The molecule has 4 aromatic heterocycles. The topological polar surface area (TPSA) is 127 Å². The number of para-hydroxylation sites is 1. The molecule has 1 amide bonds. The molecule has 39 heavy (non-hydrogen) atoms. The van der Waals surface area contributed by atoms with Crippen LogP contribution < -0.4 is 15.6 Å². The molecule has 0 fully saturated rings. The van der Waals surface area contributed by atoms with E-state index in [9.17, 15) is 14.7 Å². The van der Waals surface area contributed by atoms with E-state index < -0.39 is 5.60 Å². The number of pyridine rings is 2. The van der Waals surface area contributed by atoms with E-state index in [0.717, 1.165) is 11.1 Å². The number of nitrogens with one attached hydrogen (secondary N) is 2. The molecule has 0 aliphatic carbocycles. The summed E-state index contributed by atoms with van der Waals surface area (Å²) < 4.78 is 9.61. The van der Waals surface area contributed by atoms with E-state index in [-0.39, 0.29) is 23.7 Å². The number of aromatic nitrogens is 5. The summed E-state index contributed by atoms with van der Waals surface area (Å²) in [5.74, 6) is 0.726. The molecular weight excluding hydrogens is 496 g/mol. The van der Waals surface area contributed by atoms with Crippen LogP contribution >= 0.6 is 0 Å². The molecule has 0 spiro atoms. The third kappa shape index (κ3) is 5.03. The SMILES string of the molecule is CCNC(=O)c1cc2c(-c3cc4nn(CC(C)(C)O)cc4nc3Oc3c(C)cccc3C)cn(C)c(=O)c2[nH]1. The average molecular weight is 529 g/mol. The first-order valence-corrected chi connectivity index (χ1v) is 12.8. The average Bonchev–Trinajstić information content (AvgIpc) is 3.46. The van der Waals surface area contributed by atoms with Crippen molar-refractivity contribution in [2.24, 2.45) is 7.05 Å². The Morgan fingerprint density at radius 2 is 1.85 bits per heavy atom. The number of aliphatic hydroxyl groups is 1. The van der Waals surface area contributed by atoms with Gasteiger partial charge in [-0.25, -0.2) is 4.98 Å². The molecule has 0 radical (unpaired) electrons. The van der Waals surface area contributed by atoms with E-state index in [1.54, 1.807) is 44.0 Å². The van der Waals surface area contributed by atoms with Crippen molar-refractivity contribution in [1.82, 2.24) is 29.6 Å². The molecule has 0 unspecified atom stereocenters. The number of hydrogen-bond acceptors (Lipinski definition) is 6. The standard InChI is InChI=1S/C29H32N6O4/c1-7-30-26(36)22-11-18-20(13-34(6)28(37)24(18)31-22)19-12-21-23(14-35(33-21)15-29(4,5)38)32-27(19)39-25-16(2)9-8-10-17(25)3/h8-14,31,38H,7,15H2,1-6H3,(H,30,36). The minimum atomic E-state index is -0.965. The first kappa shape index (κ1) is 26.2. The maximum Gasteiger partial charge on any atom is 0.274 e. The molecule has 5 rings (SSSR count). The monoisotopic (exact) mass is 528 g/mol. The van der Waals surface area contributed by atoms with Crippen LogP contribution in [0, 0.1) is 13.8 Å². The van der Waals surface area contributed by atoms with Gasteiger partial charge in [-0.05, 0) is 57.9 Å². The number of aromatic amines is 1. The van der Waals surface area contributed by atoms with Crippen LogP contribution in [0.4, 0.5) is 0 Å². The summed E-state index contributed by atoms with van der Waals surface area (Å²) in [6.45, 7) is 9.94. The number of rotatable bonds is 7. The van der Waals surface area contributed by atoms with Gasteiger partial charge in [0, 0.05) is 36.3 Å². The van der Waals surface area contributed by atoms with Crippen LogP contribution in [0.5, 0.6) is 11.6 Å². The summed E-state index contributed by atoms with van der Waals surface area (Å²) in [7, 11) is 1.66. The molecule has 0 atom stereocenters. The number of ether oxygens (including phenoxy) is 1. The van der Waals surface area contributed by atoms with Gasteiger partial charge in [0.15, 0.2) is 0 Å². The fraction of sp³-hybridized carbons (Fsp3) is 0.310. The normalized spacial score (nSPS) is 11.9. The smallest absolute Gasteiger partial charge is 0.274 e. The summed E-state index contributed by atoms with van der Waals surface area (Å²) >= 11 is 0. The van der Waals surface area contributed by atoms with Crippen molar-refractivity contribution in [2.45, 2.75) is 46.8 Å². The lowest BCUT2D eigenvalue weighted by Crippen LogP contribution is -2.26. The highest BCUT2D eigenvalue weighted by molar-refractivity contribution is 6.03. The quantitative estimate of drug-likeness (QED) is 0.290. The summed E-state index contributed by atoms with van der Waals surface area (Å²) in [4.78, 5) is 33.5. The highest BCUT2D eigenvalue weighted by Crippen LogP contribution is 2.39. The predicted octanol–water partition coefficient (Wildman–Crippen LogP) is 4.21. The number of H-pyrrole nitrogens is 1. The number of hydrogen-bond donors (Lipinski definition) is 3. The van der Waals surface area contributed by atoms with Crippen LogP contribution in [-0.4, -0.2) is 47.5 Å². The Bertz CT molecular complexity index is 1770. The Balaban J connectivity index is 1.77. The number of amides is 1. The highest BCUT2D eigenvalue weighted by Gasteiger charge is 2.22. The van der Waals surface area contributed by atoms with Gasteiger partial charge in [-0.1, -0.05) is 18.2 Å². The third-order valence-electron chi connectivity index (χ3n) is 6.50. The number of aryl methyl sites for hydroxylation is 3. The molecule has 0 aliphatic heterocycles. The molecule has 10 nitrogen and oxygen atoms in total. The van der Waals surface area contributed by atoms with Crippen LogP contribution in [-0.2, 0) is 13.6 Å². The Morgan fingerprint density at radius 1 is 1.13 bits per heavy atom. The Morgan fingerprint density at radius 3 is 2.51 bits per heavy atom. The minimum absolute atomic E-state index is 0.259. The Hall–Kier alpha value is -4.44. The molecule has 0 bridgehead atoms. The lowest BCUT2D eigenvalue weighted by molar-refractivity contribution is 0.0579. The van der Waals surface area contributed by atoms with Crippen molar-refractivity contribution in [2.75, 3.05) is 6.54 Å². The second kappa shape index (κ2) is 9.70. The van der Waals surface area contributed by atoms with Crippen molar-refractivity contribution in [1.29, 1.82) is 0 Å². The predicted molar refractivity (Wildman–Crippen MR) is 150 cm³/mol. The van der Waals surface area contributed by atoms with Crippen LogP contribution in [0.2, 0.25) is 0 Å². The van der Waals surface area contributed by atoms with E-state index in [0.29, 0.717) is 51.2 Å². The van der Waals surface area contributed by atoms with Crippen LogP contribution in [0.25, 0.3) is 33.1 Å². The molecule has 10 heteroatoms. The zero-order valence-electron chi connectivity index (χ0n) is 22.9. The zero-order chi connectivity index (χ0) is 28.1. The number of nitrogens with zero attached hydrogens (tertiary/aromatic N) is 4. The lowest BCUT2D eigenvalue weighted by atomic mass is 10.0. The van der Waals surface area contributed by atoms with Crippen molar-refractivity contribution in [3.63, 3.8) is 0 Å². The van der Waals surface area contributed by atoms with Gasteiger partial charge in [0.05, 0.1) is 18.3 Å². The highest BCUT2D eigenvalue weighted by atomic mass is 16.5. The molecule has 3 N–H and O–H groups in total. The van der Waals surface area contributed by atoms with Gasteiger partial charge >= 0.3 is 0 Å². The van der Waals surface area contributed by atoms with Gasteiger partial charge in [-0.15, -0.1) is 0 Å². The van der Waals surface area contributed by atoms with Gasteiger partial charge < -0.3 is 24.7 Å². The van der Waals surface area contributed by atoms with E-state index in [1.165, 1.54) is 4.57 Å². The summed E-state index contributed by atoms with van der Waals surface area (Å²) in [5, 5.41) is 18.3. The molecule has 1 aromatic carbocycles. The van der Waals surface area contributed by atoms with Crippen molar-refractivity contribution < 1.29 is 14.6 Å². The van der Waals surface area contributed by atoms with Gasteiger partial charge in [0.1, 0.15) is 28.0 Å². The van der Waals surface area contributed by atoms with E-state index in [1.807, 2.05) is 45.0 Å². The number of benzene rings is 1. The van der Waals surface area contributed by atoms with Gasteiger partial charge in [0.2, 0.25) is 5.88 Å². The lowest BCUT2D eigenvalue weighted by Gasteiger charge is -2.16. The molecule has 5 aromatic rings. The molecule has 0 saturated carbocycles. The second-order valence-corrected chi connectivity index (χ2v) is 10.5. The minimum Gasteiger partial charge on any atom is -0.438 e. The summed E-state index contributed by atoms with van der Waals surface area (Å²) in [5.41, 5.74) is 3.74. The van der Waals surface area contributed by atoms with E-state index in [2.05, 4.69) is 15.4 Å². The number of fused-ring (bicyclic) bond motifs is 2. The third-order valence-corrected chi connectivity index (χ3v) is 6.50. The van der Waals surface area contributed by atoms with Crippen molar-refractivity contribution in [3.8, 4) is 22.8 Å². The summed E-state index contributed by atoms with van der Waals surface area (Å²) in [6, 6.07) is 9.45. The zero-order valence-corrected chi connectivity index (χ0v) is 22.9. The Kier molecular flexibility index (Phi) is 6.51. The van der Waals surface area contributed by atoms with Crippen LogP contribution in [0.3, 0.4) is 0 Å².